The molecule has 1 atom stereocenters. The Labute approximate surface area is 103 Å². The Balaban J connectivity index is 1.90. The van der Waals surface area contributed by atoms with Gasteiger partial charge in [0.15, 0.2) is 0 Å². The first-order valence-corrected chi connectivity index (χ1v) is 6.45. The van der Waals surface area contributed by atoms with Gasteiger partial charge in [0.25, 0.3) is 0 Å². The van der Waals surface area contributed by atoms with Crippen molar-refractivity contribution >= 4 is 0 Å². The van der Waals surface area contributed by atoms with Crippen molar-refractivity contribution in [2.45, 2.75) is 25.8 Å². The maximum Gasteiger partial charge on any atom is 0.126 e. The molecular formula is C14H21FN2. The average molecular weight is 236 g/mol. The van der Waals surface area contributed by atoms with Crippen molar-refractivity contribution in [2.24, 2.45) is 0 Å². The third-order valence-electron chi connectivity index (χ3n) is 3.49. The standard InChI is InChI=1S/C14H21FN2/c1-12-11-16-8-4-9-17(12)10-7-13-5-2-3-6-14(13)15/h2-3,5-6,12,16H,4,7-11H2,1H3. The van der Waals surface area contributed by atoms with Crippen LogP contribution in [0.2, 0.25) is 0 Å². The lowest BCUT2D eigenvalue weighted by molar-refractivity contribution is 0.224. The van der Waals surface area contributed by atoms with Crippen molar-refractivity contribution < 1.29 is 4.39 Å². The Bertz CT molecular complexity index is 354. The highest BCUT2D eigenvalue weighted by Crippen LogP contribution is 2.10. The van der Waals surface area contributed by atoms with E-state index in [2.05, 4.69) is 17.1 Å². The molecule has 0 saturated carbocycles. The van der Waals surface area contributed by atoms with Crippen molar-refractivity contribution in [2.75, 3.05) is 26.2 Å². The van der Waals surface area contributed by atoms with Crippen molar-refractivity contribution in [3.63, 3.8) is 0 Å². The van der Waals surface area contributed by atoms with Crippen LogP contribution in [-0.2, 0) is 6.42 Å². The van der Waals surface area contributed by atoms with Crippen LogP contribution in [0.1, 0.15) is 18.9 Å². The van der Waals surface area contributed by atoms with E-state index in [0.29, 0.717) is 6.04 Å². The number of benzene rings is 1. The molecule has 0 aliphatic carbocycles. The Kier molecular flexibility index (Phi) is 4.51. The third-order valence-corrected chi connectivity index (χ3v) is 3.49. The van der Waals surface area contributed by atoms with E-state index in [1.54, 1.807) is 12.1 Å². The Morgan fingerprint density at radius 3 is 3.06 bits per heavy atom. The van der Waals surface area contributed by atoms with Gasteiger partial charge >= 0.3 is 0 Å². The molecule has 1 heterocycles. The third kappa shape index (κ3) is 3.51. The molecule has 0 spiro atoms. The number of hydrogen-bond acceptors (Lipinski definition) is 2. The highest BCUT2D eigenvalue weighted by molar-refractivity contribution is 5.17. The van der Waals surface area contributed by atoms with Crippen LogP contribution in [0.5, 0.6) is 0 Å². The first-order chi connectivity index (χ1) is 8.27. The minimum Gasteiger partial charge on any atom is -0.315 e. The molecule has 2 rings (SSSR count). The molecule has 94 valence electrons. The van der Waals surface area contributed by atoms with E-state index in [1.807, 2.05) is 12.1 Å². The summed E-state index contributed by atoms with van der Waals surface area (Å²) in [5.74, 6) is -0.0758. The van der Waals surface area contributed by atoms with Crippen molar-refractivity contribution in [1.82, 2.24) is 10.2 Å². The van der Waals surface area contributed by atoms with Gasteiger partial charge in [-0.25, -0.2) is 4.39 Å². The van der Waals surface area contributed by atoms with Crippen LogP contribution in [-0.4, -0.2) is 37.1 Å². The van der Waals surface area contributed by atoms with E-state index in [9.17, 15) is 4.39 Å². The van der Waals surface area contributed by atoms with Gasteiger partial charge in [0.05, 0.1) is 0 Å². The molecule has 0 amide bonds. The zero-order valence-electron chi connectivity index (χ0n) is 10.5. The molecule has 0 radical (unpaired) electrons. The lowest BCUT2D eigenvalue weighted by Gasteiger charge is -2.26. The van der Waals surface area contributed by atoms with Crippen LogP contribution >= 0.6 is 0 Å². The van der Waals surface area contributed by atoms with E-state index in [0.717, 1.165) is 38.2 Å². The fraction of sp³-hybridized carbons (Fsp3) is 0.571. The molecule has 1 aliphatic heterocycles. The van der Waals surface area contributed by atoms with Crippen molar-refractivity contribution in [3.8, 4) is 0 Å². The smallest absolute Gasteiger partial charge is 0.126 e. The topological polar surface area (TPSA) is 15.3 Å². The van der Waals surface area contributed by atoms with Gasteiger partial charge in [0, 0.05) is 19.1 Å². The van der Waals surface area contributed by atoms with E-state index >= 15 is 0 Å². The summed E-state index contributed by atoms with van der Waals surface area (Å²) in [6.45, 7) is 6.43. The summed E-state index contributed by atoms with van der Waals surface area (Å²) in [7, 11) is 0. The molecule has 1 unspecified atom stereocenters. The number of nitrogens with zero attached hydrogens (tertiary/aromatic N) is 1. The van der Waals surface area contributed by atoms with Crippen LogP contribution in [0.25, 0.3) is 0 Å². The number of hydrogen-bond donors (Lipinski definition) is 1. The lowest BCUT2D eigenvalue weighted by atomic mass is 10.1. The minimum atomic E-state index is -0.0758. The molecular weight excluding hydrogens is 215 g/mol. The summed E-state index contributed by atoms with van der Waals surface area (Å²) >= 11 is 0. The van der Waals surface area contributed by atoms with Gasteiger partial charge in [0.1, 0.15) is 5.82 Å². The van der Waals surface area contributed by atoms with Gasteiger partial charge < -0.3 is 5.32 Å². The highest BCUT2D eigenvalue weighted by Gasteiger charge is 2.16. The van der Waals surface area contributed by atoms with E-state index < -0.39 is 0 Å². The van der Waals surface area contributed by atoms with Gasteiger partial charge in [-0.15, -0.1) is 0 Å². The van der Waals surface area contributed by atoms with Crippen LogP contribution in [0, 0.1) is 5.82 Å². The van der Waals surface area contributed by atoms with Gasteiger partial charge in [0.2, 0.25) is 0 Å². The number of rotatable bonds is 3. The minimum absolute atomic E-state index is 0.0758. The highest BCUT2D eigenvalue weighted by atomic mass is 19.1. The molecule has 3 heteroatoms. The van der Waals surface area contributed by atoms with Crippen molar-refractivity contribution in [3.05, 3.63) is 35.6 Å². The van der Waals surface area contributed by atoms with Crippen LogP contribution in [0.4, 0.5) is 4.39 Å². The molecule has 0 aromatic heterocycles. The quantitative estimate of drug-likeness (QED) is 0.864. The molecule has 0 bridgehead atoms. The normalized spacial score (nSPS) is 22.4. The second kappa shape index (κ2) is 6.12. The number of nitrogens with one attached hydrogen (secondary N) is 1. The van der Waals surface area contributed by atoms with Gasteiger partial charge in [-0.1, -0.05) is 18.2 Å². The molecule has 1 saturated heterocycles. The lowest BCUT2D eigenvalue weighted by Crippen LogP contribution is -2.38. The second-order valence-corrected chi connectivity index (χ2v) is 4.78. The van der Waals surface area contributed by atoms with Crippen LogP contribution in [0.15, 0.2) is 24.3 Å². The van der Waals surface area contributed by atoms with E-state index in [1.165, 1.54) is 6.42 Å². The van der Waals surface area contributed by atoms with E-state index in [4.69, 9.17) is 0 Å². The first-order valence-electron chi connectivity index (χ1n) is 6.45. The maximum atomic E-state index is 13.5. The Hall–Kier alpha value is -0.930. The summed E-state index contributed by atoms with van der Waals surface area (Å²) in [6.07, 6.45) is 1.98. The molecule has 1 aliphatic rings. The monoisotopic (exact) mass is 236 g/mol. The fourth-order valence-electron chi connectivity index (χ4n) is 2.36. The van der Waals surface area contributed by atoms with Gasteiger partial charge in [-0.3, -0.25) is 4.90 Å². The molecule has 17 heavy (non-hydrogen) atoms. The summed E-state index contributed by atoms with van der Waals surface area (Å²) in [6, 6.07) is 7.63. The summed E-state index contributed by atoms with van der Waals surface area (Å²) in [5.41, 5.74) is 0.830. The Morgan fingerprint density at radius 2 is 2.24 bits per heavy atom. The molecule has 1 fully saturated rings. The summed E-state index contributed by atoms with van der Waals surface area (Å²) in [5, 5.41) is 3.42. The largest absolute Gasteiger partial charge is 0.315 e. The summed E-state index contributed by atoms with van der Waals surface area (Å²) < 4.78 is 13.5. The first kappa shape index (κ1) is 12.5. The van der Waals surface area contributed by atoms with Crippen LogP contribution in [0.3, 0.4) is 0 Å². The van der Waals surface area contributed by atoms with Gasteiger partial charge in [-0.05, 0) is 44.5 Å². The summed E-state index contributed by atoms with van der Waals surface area (Å²) in [4.78, 5) is 2.45. The predicted molar refractivity (Wildman–Crippen MR) is 68.6 cm³/mol. The molecule has 2 nitrogen and oxygen atoms in total. The van der Waals surface area contributed by atoms with Crippen LogP contribution < -0.4 is 5.32 Å². The second-order valence-electron chi connectivity index (χ2n) is 4.78. The Morgan fingerprint density at radius 1 is 1.41 bits per heavy atom. The average Bonchev–Trinajstić information content (AvgIpc) is 2.53. The predicted octanol–water partition coefficient (Wildman–Crippen LogP) is 2.05. The van der Waals surface area contributed by atoms with Crippen molar-refractivity contribution in [1.29, 1.82) is 0 Å². The zero-order valence-corrected chi connectivity index (χ0v) is 10.5. The molecule has 1 aromatic carbocycles. The van der Waals surface area contributed by atoms with Gasteiger partial charge in [-0.2, -0.15) is 0 Å². The SMILES string of the molecule is CC1CNCCCN1CCc1ccccc1F. The zero-order chi connectivity index (χ0) is 12.1. The molecule has 1 N–H and O–H groups in total. The molecule has 1 aromatic rings. The maximum absolute atomic E-state index is 13.5. The number of halogens is 1. The van der Waals surface area contributed by atoms with E-state index in [-0.39, 0.29) is 5.82 Å². The fourth-order valence-corrected chi connectivity index (χ4v) is 2.36.